The van der Waals surface area contributed by atoms with Crippen molar-refractivity contribution in [3.05, 3.63) is 11.8 Å². The van der Waals surface area contributed by atoms with Gasteiger partial charge in [-0.25, -0.2) is 0 Å². The maximum absolute atomic E-state index is 11.8. The molecule has 0 aliphatic carbocycles. The molecule has 0 aromatic carbocycles. The summed E-state index contributed by atoms with van der Waals surface area (Å²) in [6.45, 7) is 0.980. The third-order valence-electron chi connectivity index (χ3n) is 2.99. The molecule has 102 valence electrons. The van der Waals surface area contributed by atoms with Crippen LogP contribution in [0.2, 0.25) is 0 Å². The number of Topliss-reactive ketones (excluding diaryl/α,β-unsaturated/α-hetero) is 1. The third kappa shape index (κ3) is 3.05. The number of nitrogens with zero attached hydrogens (tertiary/aromatic N) is 1. The molecule has 4 N–H and O–H groups in total. The van der Waals surface area contributed by atoms with E-state index in [2.05, 4.69) is 4.99 Å². The highest BCUT2D eigenvalue weighted by Crippen LogP contribution is 2.42. The van der Waals surface area contributed by atoms with Crippen LogP contribution in [-0.2, 0) is 9.36 Å². The van der Waals surface area contributed by atoms with Gasteiger partial charge < -0.3 is 20.0 Å². The highest BCUT2D eigenvalue weighted by Gasteiger charge is 2.42. The largest absolute Gasteiger partial charge is 0.515 e. The Morgan fingerprint density at radius 1 is 1.56 bits per heavy atom. The zero-order valence-corrected chi connectivity index (χ0v) is 10.7. The lowest BCUT2D eigenvalue weighted by atomic mass is 9.75. The summed E-state index contributed by atoms with van der Waals surface area (Å²) in [5, 5.41) is 18.5. The molecule has 0 amide bonds. The minimum absolute atomic E-state index is 0.0686. The average molecular weight is 277 g/mol. The second kappa shape index (κ2) is 5.32. The summed E-state index contributed by atoms with van der Waals surface area (Å²) in [6, 6.07) is -0.668. The zero-order chi connectivity index (χ0) is 14.0. The van der Waals surface area contributed by atoms with Crippen LogP contribution in [0, 0.1) is 5.41 Å². The van der Waals surface area contributed by atoms with Crippen molar-refractivity contribution in [2.75, 3.05) is 12.8 Å². The van der Waals surface area contributed by atoms with Crippen LogP contribution < -0.4 is 0 Å². The van der Waals surface area contributed by atoms with Crippen LogP contribution in [0.25, 0.3) is 0 Å². The fraction of sp³-hybridized carbons (Fsp3) is 0.600. The Morgan fingerprint density at radius 2 is 2.17 bits per heavy atom. The minimum atomic E-state index is -4.25. The van der Waals surface area contributed by atoms with Crippen molar-refractivity contribution >= 4 is 19.6 Å². The summed E-state index contributed by atoms with van der Waals surface area (Å²) in [6.07, 6.45) is 1.21. The summed E-state index contributed by atoms with van der Waals surface area (Å²) >= 11 is 0. The van der Waals surface area contributed by atoms with Crippen LogP contribution in [-0.4, -0.2) is 50.8 Å². The van der Waals surface area contributed by atoms with Crippen molar-refractivity contribution in [3.63, 3.8) is 0 Å². The van der Waals surface area contributed by atoms with Crippen molar-refractivity contribution in [2.45, 2.75) is 19.4 Å². The Morgan fingerprint density at radius 3 is 2.61 bits per heavy atom. The molecule has 1 rings (SSSR count). The lowest BCUT2D eigenvalue weighted by molar-refractivity contribution is -0.117. The summed E-state index contributed by atoms with van der Waals surface area (Å²) in [5.74, 6) is -0.459. The normalized spacial score (nSPS) is 31.0. The molecule has 18 heavy (non-hydrogen) atoms. The average Bonchev–Trinajstić information content (AvgIpc) is 2.30. The van der Waals surface area contributed by atoms with E-state index >= 15 is 0 Å². The van der Waals surface area contributed by atoms with Gasteiger partial charge in [0.05, 0.1) is 24.4 Å². The number of hydrogen-bond acceptors (Lipinski definition) is 5. The first-order valence-electron chi connectivity index (χ1n) is 5.34. The van der Waals surface area contributed by atoms with E-state index in [1.54, 1.807) is 0 Å². The van der Waals surface area contributed by atoms with Gasteiger partial charge >= 0.3 is 7.60 Å². The maximum atomic E-state index is 11.8. The molecule has 0 fully saturated rings. The second-order valence-electron chi connectivity index (χ2n) is 4.31. The monoisotopic (exact) mass is 277 g/mol. The molecule has 1 aliphatic rings. The van der Waals surface area contributed by atoms with Gasteiger partial charge in [-0.2, -0.15) is 0 Å². The smallest absolute Gasteiger partial charge is 0.325 e. The van der Waals surface area contributed by atoms with Gasteiger partial charge in [-0.3, -0.25) is 14.4 Å². The molecule has 7 nitrogen and oxygen atoms in total. The second-order valence-corrected chi connectivity index (χ2v) is 6.09. The fourth-order valence-corrected chi connectivity index (χ4v) is 2.49. The molecule has 0 radical (unpaired) electrons. The summed E-state index contributed by atoms with van der Waals surface area (Å²) in [7, 11) is -4.25. The van der Waals surface area contributed by atoms with Gasteiger partial charge in [0, 0.05) is 11.8 Å². The minimum Gasteiger partial charge on any atom is -0.515 e. The molecule has 0 aromatic heterocycles. The standard InChI is InChI=1S/C10H16NO6P/c1-7-9(14)8(4-12)10(6-13,5-11-7)2-3-18(15,16)17/h4-5,7,12-13H,2-3,6H2,1H3,(H2,15,16,17)/b8-4+. The molecule has 0 spiro atoms. The van der Waals surface area contributed by atoms with Gasteiger partial charge in [0.2, 0.25) is 0 Å². The summed E-state index contributed by atoms with van der Waals surface area (Å²) in [5.41, 5.74) is -1.39. The van der Waals surface area contributed by atoms with Crippen molar-refractivity contribution < 1.29 is 29.4 Å². The SMILES string of the molecule is CC1N=CC(CO)(CCP(=O)(O)O)/C(=C/O)C1=O. The molecule has 0 saturated carbocycles. The molecule has 0 aromatic rings. The van der Waals surface area contributed by atoms with E-state index in [4.69, 9.17) is 14.9 Å². The Kier molecular flexibility index (Phi) is 4.45. The van der Waals surface area contributed by atoms with Gasteiger partial charge in [0.15, 0.2) is 5.78 Å². The van der Waals surface area contributed by atoms with Crippen molar-refractivity contribution in [3.8, 4) is 0 Å². The number of aliphatic imine (C=N–C) groups is 1. The molecule has 1 aliphatic heterocycles. The van der Waals surface area contributed by atoms with E-state index < -0.39 is 37.6 Å². The van der Waals surface area contributed by atoms with E-state index in [0.29, 0.717) is 6.26 Å². The topological polar surface area (TPSA) is 127 Å². The van der Waals surface area contributed by atoms with Crippen LogP contribution >= 0.6 is 7.60 Å². The van der Waals surface area contributed by atoms with Crippen molar-refractivity contribution in [1.29, 1.82) is 0 Å². The van der Waals surface area contributed by atoms with Crippen LogP contribution in [0.5, 0.6) is 0 Å². The van der Waals surface area contributed by atoms with E-state index in [0.717, 1.165) is 0 Å². The number of aliphatic hydroxyl groups is 2. The molecule has 8 heteroatoms. The maximum Gasteiger partial charge on any atom is 0.325 e. The summed E-state index contributed by atoms with van der Waals surface area (Å²) in [4.78, 5) is 33.4. The predicted octanol–water partition coefficient (Wildman–Crippen LogP) is 0.0168. The van der Waals surface area contributed by atoms with Gasteiger partial charge in [-0.15, -0.1) is 0 Å². The van der Waals surface area contributed by atoms with Crippen LogP contribution in [0.3, 0.4) is 0 Å². The lowest BCUT2D eigenvalue weighted by Gasteiger charge is -2.33. The van der Waals surface area contributed by atoms with Crippen LogP contribution in [0.4, 0.5) is 0 Å². The quantitative estimate of drug-likeness (QED) is 0.326. The Balaban J connectivity index is 3.09. The number of carbonyl (C=O) groups is 1. The van der Waals surface area contributed by atoms with Crippen molar-refractivity contribution in [2.24, 2.45) is 10.4 Å². The van der Waals surface area contributed by atoms with E-state index in [1.807, 2.05) is 0 Å². The number of aliphatic hydroxyl groups excluding tert-OH is 2. The van der Waals surface area contributed by atoms with Crippen LogP contribution in [0.1, 0.15) is 13.3 Å². The van der Waals surface area contributed by atoms with Crippen molar-refractivity contribution in [1.82, 2.24) is 0 Å². The molecule has 0 saturated heterocycles. The van der Waals surface area contributed by atoms with Gasteiger partial charge in [0.25, 0.3) is 0 Å². The highest BCUT2D eigenvalue weighted by atomic mass is 31.2. The first-order valence-corrected chi connectivity index (χ1v) is 7.14. The molecule has 0 bridgehead atoms. The Hall–Kier alpha value is -1.01. The van der Waals surface area contributed by atoms with Gasteiger partial charge in [-0.1, -0.05) is 0 Å². The van der Waals surface area contributed by atoms with Gasteiger partial charge in [0.1, 0.15) is 6.04 Å². The summed E-state index contributed by atoms with van der Waals surface area (Å²) < 4.78 is 10.9. The fourth-order valence-electron chi connectivity index (χ4n) is 1.80. The molecular formula is C10H16NO6P. The predicted molar refractivity (Wildman–Crippen MR) is 64.7 cm³/mol. The first kappa shape index (κ1) is 15.0. The van der Waals surface area contributed by atoms with E-state index in [-0.39, 0.29) is 12.0 Å². The Bertz CT molecular complexity index is 440. The number of rotatable bonds is 4. The molecular weight excluding hydrogens is 261 g/mol. The highest BCUT2D eigenvalue weighted by molar-refractivity contribution is 7.51. The third-order valence-corrected chi connectivity index (χ3v) is 3.79. The molecule has 1 heterocycles. The molecule has 2 atom stereocenters. The van der Waals surface area contributed by atoms with Crippen LogP contribution in [0.15, 0.2) is 16.8 Å². The number of hydrogen-bond donors (Lipinski definition) is 4. The van der Waals surface area contributed by atoms with Gasteiger partial charge in [-0.05, 0) is 13.3 Å². The molecule has 2 unspecified atom stereocenters. The number of ketones is 1. The zero-order valence-electron chi connectivity index (χ0n) is 9.85. The van der Waals surface area contributed by atoms with E-state index in [1.165, 1.54) is 13.1 Å². The first-order chi connectivity index (χ1) is 8.25. The van der Waals surface area contributed by atoms with E-state index in [9.17, 15) is 14.5 Å². The Labute approximate surface area is 104 Å². The number of carbonyl (C=O) groups excluding carboxylic acids is 1. The lowest BCUT2D eigenvalue weighted by Crippen LogP contribution is -2.41.